The molecule has 0 aromatic rings. The number of rotatable bonds is 1. The third kappa shape index (κ3) is 48.5. The van der Waals surface area contributed by atoms with E-state index in [1.54, 1.807) is 0 Å². The minimum Gasteiger partial charge on any atom is -0.424 e. The van der Waals surface area contributed by atoms with Gasteiger partial charge in [-0.25, -0.2) is 0 Å². The van der Waals surface area contributed by atoms with Crippen LogP contribution in [0.25, 0.3) is 0 Å². The summed E-state index contributed by atoms with van der Waals surface area (Å²) >= 11 is 0. The molecular formula is C4H8B2O2. The second-order valence-electron chi connectivity index (χ2n) is 0.885. The van der Waals surface area contributed by atoms with Crippen molar-refractivity contribution in [2.75, 3.05) is 0 Å². The highest BCUT2D eigenvalue weighted by Crippen LogP contribution is 1.60. The minimum atomic E-state index is -1.35. The molecule has 8 heavy (non-hydrogen) atoms. The lowest BCUT2D eigenvalue weighted by Crippen LogP contribution is -2.03. The number of hydrogen-bond donors (Lipinski definition) is 2. The first-order valence-electron chi connectivity index (χ1n) is 2.00. The molecule has 4 heteroatoms. The molecule has 42 valence electrons. The van der Waals surface area contributed by atoms with E-state index in [0.717, 1.165) is 5.98 Å². The molecule has 0 aromatic heterocycles. The van der Waals surface area contributed by atoms with E-state index in [1.807, 2.05) is 0 Å². The van der Waals surface area contributed by atoms with Gasteiger partial charge in [0, 0.05) is 0 Å². The lowest BCUT2D eigenvalue weighted by molar-refractivity contribution is 0.424. The van der Waals surface area contributed by atoms with Gasteiger partial charge in [0.2, 0.25) is 0 Å². The Labute approximate surface area is 51.1 Å². The molecule has 0 aliphatic rings. The molecule has 2 N–H and O–H groups in total. The smallest absolute Gasteiger partial charge is 0.424 e. The van der Waals surface area contributed by atoms with Crippen molar-refractivity contribution in [3.8, 4) is 0 Å². The first kappa shape index (κ1) is 10.5. The molecule has 0 fully saturated rings. The molecule has 0 heterocycles. The van der Waals surface area contributed by atoms with E-state index in [4.69, 9.17) is 10.0 Å². The molecule has 0 atom stereocenters. The predicted octanol–water partition coefficient (Wildman–Crippen LogP) is -0.517. The topological polar surface area (TPSA) is 40.5 Å². The highest BCUT2D eigenvalue weighted by molar-refractivity contribution is 6.47. The highest BCUT2D eigenvalue weighted by atomic mass is 16.4. The van der Waals surface area contributed by atoms with Gasteiger partial charge in [-0.3, -0.25) is 0 Å². The first-order chi connectivity index (χ1) is 3.68. The van der Waals surface area contributed by atoms with E-state index in [-0.39, 0.29) is 0 Å². The summed E-state index contributed by atoms with van der Waals surface area (Å²) in [4.78, 5) is 0. The van der Waals surface area contributed by atoms with Crippen LogP contribution in [0.2, 0.25) is 0 Å². The van der Waals surface area contributed by atoms with Gasteiger partial charge in [-0.15, -0.1) is 19.1 Å². The van der Waals surface area contributed by atoms with E-state index in [2.05, 4.69) is 21.0 Å². The van der Waals surface area contributed by atoms with E-state index < -0.39 is 7.12 Å². The zero-order valence-electron chi connectivity index (χ0n) is 4.62. The van der Waals surface area contributed by atoms with Gasteiger partial charge < -0.3 is 10.0 Å². The van der Waals surface area contributed by atoms with Gasteiger partial charge in [-0.2, -0.15) is 0 Å². The molecule has 0 aliphatic carbocycles. The molecule has 0 rings (SSSR count). The molecule has 2 nitrogen and oxygen atoms in total. The van der Waals surface area contributed by atoms with E-state index in [0.29, 0.717) is 0 Å². The maximum atomic E-state index is 7.80. The summed E-state index contributed by atoms with van der Waals surface area (Å²) in [5, 5.41) is 15.6. The Morgan fingerprint density at radius 2 is 1.50 bits per heavy atom. The molecule has 0 aliphatic heterocycles. The van der Waals surface area contributed by atoms with Crippen molar-refractivity contribution >= 4 is 15.0 Å². The van der Waals surface area contributed by atoms with E-state index in [1.165, 1.54) is 5.98 Å². The van der Waals surface area contributed by atoms with Gasteiger partial charge >= 0.3 is 7.12 Å². The summed E-state index contributed by atoms with van der Waals surface area (Å²) in [5.41, 5.74) is 0. The van der Waals surface area contributed by atoms with Crippen LogP contribution in [0.5, 0.6) is 0 Å². The number of hydrogen-bond acceptors (Lipinski definition) is 2. The molecule has 0 saturated heterocycles. The molecule has 0 bridgehead atoms. The Hall–Kier alpha value is -0.470. The van der Waals surface area contributed by atoms with Gasteiger partial charge in [0.05, 0.1) is 0 Å². The lowest BCUT2D eigenvalue weighted by atomic mass is 9.94. The van der Waals surface area contributed by atoms with Gasteiger partial charge in [0.25, 0.3) is 0 Å². The van der Waals surface area contributed by atoms with Gasteiger partial charge in [-0.1, -0.05) is 5.98 Å². The predicted molar refractivity (Wildman–Crippen MR) is 36.3 cm³/mol. The van der Waals surface area contributed by atoms with Crippen molar-refractivity contribution in [2.45, 2.75) is 0 Å². The van der Waals surface area contributed by atoms with Crippen molar-refractivity contribution < 1.29 is 10.0 Å². The minimum absolute atomic E-state index is 1.03. The summed E-state index contributed by atoms with van der Waals surface area (Å²) in [6.45, 7) is 6.20. The van der Waals surface area contributed by atoms with Gasteiger partial charge in [-0.05, 0) is 0 Å². The molecule has 0 spiro atoms. The third-order valence-electron chi connectivity index (χ3n) is 0.211. The van der Waals surface area contributed by atoms with Crippen LogP contribution in [0.3, 0.4) is 0 Å². The standard InChI is InChI=1S/C2H5BO2.C2H3B/c1-2-3(4)5;1-2-3/h2,4-5H,1H2;2H,1H2. The zero-order valence-corrected chi connectivity index (χ0v) is 4.62. The molecule has 0 saturated carbocycles. The second kappa shape index (κ2) is 9.73. The van der Waals surface area contributed by atoms with Crippen LogP contribution in [-0.2, 0) is 0 Å². The first-order valence-corrected chi connectivity index (χ1v) is 2.00. The normalized spacial score (nSPS) is 5.75. The second-order valence-corrected chi connectivity index (χ2v) is 0.885. The Morgan fingerprint density at radius 1 is 1.38 bits per heavy atom. The van der Waals surface area contributed by atoms with Crippen LogP contribution < -0.4 is 0 Å². The van der Waals surface area contributed by atoms with E-state index >= 15 is 0 Å². The summed E-state index contributed by atoms with van der Waals surface area (Å²) in [6, 6.07) is 0. The Balaban J connectivity index is 0. The Bertz CT molecular complexity index is 63.1. The molecule has 0 amide bonds. The average Bonchev–Trinajstić information content (AvgIpc) is 1.69. The largest absolute Gasteiger partial charge is 0.480 e. The fraction of sp³-hybridized carbons (Fsp3) is 0. The molecular weight excluding hydrogens is 102 g/mol. The fourth-order valence-corrected chi connectivity index (χ4v) is 0. The van der Waals surface area contributed by atoms with Gasteiger partial charge in [0.15, 0.2) is 0 Å². The van der Waals surface area contributed by atoms with Crippen molar-refractivity contribution in [3.05, 3.63) is 25.1 Å². The average molecular weight is 110 g/mol. The third-order valence-corrected chi connectivity index (χ3v) is 0.211. The molecule has 2 radical (unpaired) electrons. The van der Waals surface area contributed by atoms with Crippen molar-refractivity contribution in [1.29, 1.82) is 0 Å². The van der Waals surface area contributed by atoms with Crippen LogP contribution in [0.1, 0.15) is 0 Å². The summed E-state index contributed by atoms with van der Waals surface area (Å²) in [6.07, 6.45) is 0. The van der Waals surface area contributed by atoms with E-state index in [9.17, 15) is 0 Å². The van der Waals surface area contributed by atoms with Crippen LogP contribution >= 0.6 is 0 Å². The van der Waals surface area contributed by atoms with Crippen LogP contribution in [0.15, 0.2) is 25.1 Å². The molecule has 0 unspecified atom stereocenters. The quantitative estimate of drug-likeness (QED) is 0.445. The summed E-state index contributed by atoms with van der Waals surface area (Å²) < 4.78 is 0. The summed E-state index contributed by atoms with van der Waals surface area (Å²) in [5.74, 6) is 2.28. The Morgan fingerprint density at radius 3 is 1.50 bits per heavy atom. The maximum Gasteiger partial charge on any atom is 0.480 e. The maximum absolute atomic E-state index is 7.80. The van der Waals surface area contributed by atoms with Crippen molar-refractivity contribution in [2.24, 2.45) is 0 Å². The lowest BCUT2D eigenvalue weighted by Gasteiger charge is -1.75. The monoisotopic (exact) mass is 110 g/mol. The fourth-order valence-electron chi connectivity index (χ4n) is 0. The van der Waals surface area contributed by atoms with Gasteiger partial charge in [0.1, 0.15) is 7.85 Å². The Kier molecular flexibility index (Phi) is 12.8. The zero-order chi connectivity index (χ0) is 6.99. The molecule has 0 aromatic carbocycles. The highest BCUT2D eigenvalue weighted by Gasteiger charge is 1.92. The summed E-state index contributed by atoms with van der Waals surface area (Å²) in [7, 11) is 3.26. The van der Waals surface area contributed by atoms with Crippen molar-refractivity contribution in [3.63, 3.8) is 0 Å². The van der Waals surface area contributed by atoms with Crippen molar-refractivity contribution in [1.82, 2.24) is 0 Å². The van der Waals surface area contributed by atoms with Crippen LogP contribution in [0.4, 0.5) is 0 Å². The van der Waals surface area contributed by atoms with Crippen LogP contribution in [-0.4, -0.2) is 25.0 Å². The van der Waals surface area contributed by atoms with Crippen LogP contribution in [0, 0.1) is 0 Å². The SMILES string of the molecule is C=CB(O)O.[B]C=C.